The van der Waals surface area contributed by atoms with Gasteiger partial charge in [-0.2, -0.15) is 0 Å². The van der Waals surface area contributed by atoms with Crippen LogP contribution in [0.3, 0.4) is 0 Å². The van der Waals surface area contributed by atoms with Crippen LogP contribution in [0.4, 0.5) is 0 Å². The van der Waals surface area contributed by atoms with Crippen molar-refractivity contribution >= 4 is 28.7 Å². The molecule has 2 rings (SSSR count). The Bertz CT molecular complexity index is 649. The van der Waals surface area contributed by atoms with Gasteiger partial charge in [0.15, 0.2) is 5.78 Å². The molecule has 0 aliphatic carbocycles. The van der Waals surface area contributed by atoms with Crippen molar-refractivity contribution in [1.82, 2.24) is 4.98 Å². The predicted molar refractivity (Wildman–Crippen MR) is 78.6 cm³/mol. The van der Waals surface area contributed by atoms with E-state index in [1.54, 1.807) is 20.1 Å². The van der Waals surface area contributed by atoms with Crippen molar-refractivity contribution in [1.29, 1.82) is 0 Å². The first kappa shape index (κ1) is 14.0. The van der Waals surface area contributed by atoms with E-state index in [2.05, 4.69) is 4.98 Å². The Kier molecular flexibility index (Phi) is 3.92. The summed E-state index contributed by atoms with van der Waals surface area (Å²) in [6.07, 6.45) is 0. The number of ether oxygens (including phenoxy) is 1. The zero-order chi connectivity index (χ0) is 14.2. The van der Waals surface area contributed by atoms with Gasteiger partial charge in [0.2, 0.25) is 0 Å². The maximum absolute atomic E-state index is 11.7. The number of aromatic nitrogens is 1. The largest absolute Gasteiger partial charge is 0.496 e. The molecule has 0 radical (unpaired) electrons. The third kappa shape index (κ3) is 2.65. The summed E-state index contributed by atoms with van der Waals surface area (Å²) in [7, 11) is 1.58. The van der Waals surface area contributed by atoms with Crippen molar-refractivity contribution in [3.05, 3.63) is 32.6 Å². The fourth-order valence-electron chi connectivity index (χ4n) is 1.87. The fraction of sp³-hybridized carbons (Fsp3) is 0.286. The third-order valence-electron chi connectivity index (χ3n) is 2.79. The minimum atomic E-state index is 0.00950. The second kappa shape index (κ2) is 5.31. The Morgan fingerprint density at radius 3 is 2.63 bits per heavy atom. The molecule has 5 heteroatoms. The Labute approximate surface area is 121 Å². The highest BCUT2D eigenvalue weighted by Gasteiger charge is 2.19. The van der Waals surface area contributed by atoms with Gasteiger partial charge in [-0.1, -0.05) is 11.6 Å². The lowest BCUT2D eigenvalue weighted by Crippen LogP contribution is -1.95. The number of hydrogen-bond donors (Lipinski definition) is 0. The predicted octanol–water partition coefficient (Wildman–Crippen LogP) is 4.29. The standard InChI is InChI=1S/C14H14ClNO2S/c1-7-5-10(12(18-4)6-11(7)15)13-14(8(2)17)19-9(3)16-13/h5-6H,1-4H3. The van der Waals surface area contributed by atoms with E-state index in [-0.39, 0.29) is 5.78 Å². The van der Waals surface area contributed by atoms with Gasteiger partial charge in [-0.25, -0.2) is 4.98 Å². The van der Waals surface area contributed by atoms with Crippen LogP contribution in [0.15, 0.2) is 12.1 Å². The Morgan fingerprint density at radius 2 is 2.05 bits per heavy atom. The quantitative estimate of drug-likeness (QED) is 0.793. The normalized spacial score (nSPS) is 10.6. The van der Waals surface area contributed by atoms with Crippen molar-refractivity contribution in [2.45, 2.75) is 20.8 Å². The number of Topliss-reactive ketones (excluding diaryl/α,β-unsaturated/α-hetero) is 1. The highest BCUT2D eigenvalue weighted by atomic mass is 35.5. The first-order valence-electron chi connectivity index (χ1n) is 5.77. The number of methoxy groups -OCH3 is 1. The van der Waals surface area contributed by atoms with Gasteiger partial charge in [0.05, 0.1) is 22.7 Å². The maximum atomic E-state index is 11.7. The summed E-state index contributed by atoms with van der Waals surface area (Å²) in [6.45, 7) is 5.35. The summed E-state index contributed by atoms with van der Waals surface area (Å²) < 4.78 is 5.35. The van der Waals surface area contributed by atoms with E-state index < -0.39 is 0 Å². The first-order chi connectivity index (χ1) is 8.93. The van der Waals surface area contributed by atoms with Crippen LogP contribution in [0.5, 0.6) is 5.75 Å². The molecule has 0 aliphatic heterocycles. The van der Waals surface area contributed by atoms with Gasteiger partial charge >= 0.3 is 0 Å². The van der Waals surface area contributed by atoms with Crippen molar-refractivity contribution < 1.29 is 9.53 Å². The summed E-state index contributed by atoms with van der Waals surface area (Å²) in [5.74, 6) is 0.638. The summed E-state index contributed by atoms with van der Waals surface area (Å²) in [4.78, 5) is 16.8. The molecular weight excluding hydrogens is 282 g/mol. The summed E-state index contributed by atoms with van der Waals surface area (Å²) in [6, 6.07) is 3.66. The average Bonchev–Trinajstić information content (AvgIpc) is 2.74. The first-order valence-corrected chi connectivity index (χ1v) is 6.96. The molecule has 19 heavy (non-hydrogen) atoms. The molecule has 0 aliphatic rings. The molecule has 0 amide bonds. The highest BCUT2D eigenvalue weighted by Crippen LogP contribution is 2.37. The Balaban J connectivity index is 2.71. The van der Waals surface area contributed by atoms with Crippen molar-refractivity contribution in [2.75, 3.05) is 7.11 Å². The van der Waals surface area contributed by atoms with Gasteiger partial charge in [-0.15, -0.1) is 11.3 Å². The Morgan fingerprint density at radius 1 is 1.37 bits per heavy atom. The zero-order valence-electron chi connectivity index (χ0n) is 11.2. The molecular formula is C14H14ClNO2S. The van der Waals surface area contributed by atoms with E-state index in [1.807, 2.05) is 19.9 Å². The number of hydrogen-bond acceptors (Lipinski definition) is 4. The minimum absolute atomic E-state index is 0.00950. The molecule has 3 nitrogen and oxygen atoms in total. The van der Waals surface area contributed by atoms with Crippen LogP contribution < -0.4 is 4.74 Å². The molecule has 0 atom stereocenters. The molecule has 1 aromatic carbocycles. The Hall–Kier alpha value is -1.39. The van der Waals surface area contributed by atoms with Crippen LogP contribution in [0, 0.1) is 13.8 Å². The lowest BCUT2D eigenvalue weighted by Gasteiger charge is -2.10. The molecule has 1 heterocycles. The van der Waals surface area contributed by atoms with Gasteiger partial charge in [0, 0.05) is 17.5 Å². The van der Waals surface area contributed by atoms with Gasteiger partial charge in [0.1, 0.15) is 5.75 Å². The van der Waals surface area contributed by atoms with Crippen molar-refractivity contribution in [3.8, 4) is 17.0 Å². The van der Waals surface area contributed by atoms with Gasteiger partial charge in [-0.05, 0) is 31.5 Å². The number of thiazole rings is 1. The van der Waals surface area contributed by atoms with E-state index in [9.17, 15) is 4.79 Å². The number of aryl methyl sites for hydroxylation is 2. The molecule has 100 valence electrons. The number of ketones is 1. The minimum Gasteiger partial charge on any atom is -0.496 e. The summed E-state index contributed by atoms with van der Waals surface area (Å²) >= 11 is 7.49. The van der Waals surface area contributed by atoms with E-state index >= 15 is 0 Å². The summed E-state index contributed by atoms with van der Waals surface area (Å²) in [5, 5.41) is 1.49. The number of carbonyl (C=O) groups excluding carboxylic acids is 1. The van der Waals surface area contributed by atoms with Crippen LogP contribution in [-0.2, 0) is 0 Å². The van der Waals surface area contributed by atoms with Crippen LogP contribution in [0.1, 0.15) is 27.2 Å². The zero-order valence-corrected chi connectivity index (χ0v) is 12.8. The van der Waals surface area contributed by atoms with Gasteiger partial charge < -0.3 is 4.74 Å². The average molecular weight is 296 g/mol. The molecule has 0 saturated carbocycles. The number of carbonyl (C=O) groups is 1. The number of rotatable bonds is 3. The van der Waals surface area contributed by atoms with E-state index in [0.717, 1.165) is 16.1 Å². The molecule has 0 fully saturated rings. The van der Waals surface area contributed by atoms with Crippen molar-refractivity contribution in [3.63, 3.8) is 0 Å². The second-order valence-corrected chi connectivity index (χ2v) is 5.88. The van der Waals surface area contributed by atoms with Crippen LogP contribution in [0.25, 0.3) is 11.3 Å². The molecule has 0 bridgehead atoms. The van der Waals surface area contributed by atoms with Crippen molar-refractivity contribution in [2.24, 2.45) is 0 Å². The maximum Gasteiger partial charge on any atom is 0.172 e. The lowest BCUT2D eigenvalue weighted by molar-refractivity contribution is 0.102. The molecule has 1 aromatic heterocycles. The van der Waals surface area contributed by atoms with Gasteiger partial charge in [-0.3, -0.25) is 4.79 Å². The highest BCUT2D eigenvalue weighted by molar-refractivity contribution is 7.14. The van der Waals surface area contributed by atoms with Crippen LogP contribution in [0.2, 0.25) is 5.02 Å². The second-order valence-electron chi connectivity index (χ2n) is 4.27. The van der Waals surface area contributed by atoms with E-state index in [4.69, 9.17) is 16.3 Å². The monoisotopic (exact) mass is 295 g/mol. The molecule has 0 saturated heterocycles. The number of nitrogens with zero attached hydrogens (tertiary/aromatic N) is 1. The van der Waals surface area contributed by atoms with Crippen LogP contribution in [-0.4, -0.2) is 17.9 Å². The molecule has 0 unspecified atom stereocenters. The van der Waals surface area contributed by atoms with E-state index in [0.29, 0.717) is 21.3 Å². The molecule has 0 N–H and O–H groups in total. The topological polar surface area (TPSA) is 39.2 Å². The van der Waals surface area contributed by atoms with Crippen LogP contribution >= 0.6 is 22.9 Å². The molecule has 0 spiro atoms. The smallest absolute Gasteiger partial charge is 0.172 e. The lowest BCUT2D eigenvalue weighted by atomic mass is 10.1. The SMILES string of the molecule is COc1cc(Cl)c(C)cc1-c1nc(C)sc1C(C)=O. The molecule has 2 aromatic rings. The van der Waals surface area contributed by atoms with Gasteiger partial charge in [0.25, 0.3) is 0 Å². The fourth-order valence-corrected chi connectivity index (χ4v) is 2.85. The summed E-state index contributed by atoms with van der Waals surface area (Å²) in [5.41, 5.74) is 2.41. The van der Waals surface area contributed by atoms with E-state index in [1.165, 1.54) is 11.3 Å². The third-order valence-corrected chi connectivity index (χ3v) is 4.27. The number of benzene rings is 1. The number of halogens is 1.